The average molecular weight is 216 g/mol. The van der Waals surface area contributed by atoms with Gasteiger partial charge in [-0.05, 0) is 0 Å². The lowest BCUT2D eigenvalue weighted by atomic mass is 10.2. The van der Waals surface area contributed by atoms with Gasteiger partial charge in [0.15, 0.2) is 0 Å². The molecule has 0 bridgehead atoms. The van der Waals surface area contributed by atoms with Gasteiger partial charge in [0.1, 0.15) is 6.54 Å². The molecule has 0 spiro atoms. The molecule has 0 radical (unpaired) electrons. The first-order valence-corrected chi connectivity index (χ1v) is 4.87. The lowest BCUT2D eigenvalue weighted by molar-refractivity contribution is -0.144. The number of carboxylic acid groups (broad SMARTS) is 1. The smallest absolute Gasteiger partial charge is 0.323 e. The van der Waals surface area contributed by atoms with Gasteiger partial charge in [0.2, 0.25) is 5.91 Å². The van der Waals surface area contributed by atoms with Crippen molar-refractivity contribution in [1.82, 2.24) is 10.2 Å². The molecule has 2 N–H and O–H groups in total. The lowest BCUT2D eigenvalue weighted by Gasteiger charge is -2.24. The molecule has 1 amide bonds. The highest BCUT2D eigenvalue weighted by Gasteiger charge is 2.20. The molecule has 1 aliphatic rings. The number of nitrogens with zero attached hydrogens (tertiary/aromatic N) is 1. The summed E-state index contributed by atoms with van der Waals surface area (Å²) in [5.41, 5.74) is 0. The Morgan fingerprint density at radius 1 is 1.60 bits per heavy atom. The summed E-state index contributed by atoms with van der Waals surface area (Å²) in [5.74, 6) is -1.21. The molecular weight excluding hydrogens is 200 g/mol. The average Bonchev–Trinajstić information content (AvgIpc) is 2.18. The van der Waals surface area contributed by atoms with Crippen LogP contribution in [-0.2, 0) is 14.3 Å². The Labute approximate surface area is 88.2 Å². The molecule has 1 fully saturated rings. The van der Waals surface area contributed by atoms with E-state index in [1.54, 1.807) is 0 Å². The van der Waals surface area contributed by atoms with Crippen LogP contribution in [0.15, 0.2) is 0 Å². The van der Waals surface area contributed by atoms with Gasteiger partial charge in [0.05, 0.1) is 19.1 Å². The van der Waals surface area contributed by atoms with Crippen molar-refractivity contribution >= 4 is 11.9 Å². The van der Waals surface area contributed by atoms with Crippen LogP contribution >= 0.6 is 0 Å². The van der Waals surface area contributed by atoms with Crippen LogP contribution in [0.5, 0.6) is 0 Å². The molecule has 86 valence electrons. The van der Waals surface area contributed by atoms with Crippen molar-refractivity contribution < 1.29 is 19.4 Å². The molecule has 1 atom stereocenters. The maximum absolute atomic E-state index is 11.5. The van der Waals surface area contributed by atoms with E-state index in [-0.39, 0.29) is 25.0 Å². The van der Waals surface area contributed by atoms with Crippen LogP contribution in [0.3, 0.4) is 0 Å². The fourth-order valence-corrected chi connectivity index (χ4v) is 1.39. The number of aliphatic carboxylic acids is 1. The van der Waals surface area contributed by atoms with Crippen LogP contribution < -0.4 is 5.32 Å². The highest BCUT2D eigenvalue weighted by molar-refractivity contribution is 5.81. The molecule has 1 heterocycles. The molecule has 6 heteroatoms. The van der Waals surface area contributed by atoms with Gasteiger partial charge in [0, 0.05) is 20.1 Å². The van der Waals surface area contributed by atoms with E-state index >= 15 is 0 Å². The number of hydrogen-bond acceptors (Lipinski definition) is 4. The Morgan fingerprint density at radius 2 is 2.33 bits per heavy atom. The molecule has 1 aliphatic heterocycles. The normalized spacial score (nSPS) is 21.0. The van der Waals surface area contributed by atoms with Gasteiger partial charge >= 0.3 is 5.97 Å². The van der Waals surface area contributed by atoms with Crippen LogP contribution in [0.2, 0.25) is 0 Å². The maximum atomic E-state index is 11.5. The van der Waals surface area contributed by atoms with Crippen molar-refractivity contribution in [3.8, 4) is 0 Å². The first-order valence-electron chi connectivity index (χ1n) is 4.87. The van der Waals surface area contributed by atoms with E-state index in [1.807, 2.05) is 0 Å². The minimum absolute atomic E-state index is 0.137. The van der Waals surface area contributed by atoms with Crippen molar-refractivity contribution in [2.24, 2.45) is 0 Å². The Bertz CT molecular complexity index is 238. The zero-order chi connectivity index (χ0) is 11.3. The van der Waals surface area contributed by atoms with Crippen molar-refractivity contribution in [2.75, 3.05) is 33.3 Å². The van der Waals surface area contributed by atoms with E-state index in [0.29, 0.717) is 13.2 Å². The monoisotopic (exact) mass is 216 g/mol. The van der Waals surface area contributed by atoms with Crippen molar-refractivity contribution in [2.45, 2.75) is 12.5 Å². The third-order valence-corrected chi connectivity index (χ3v) is 2.20. The van der Waals surface area contributed by atoms with Crippen LogP contribution in [-0.4, -0.2) is 61.3 Å². The molecule has 1 saturated heterocycles. The van der Waals surface area contributed by atoms with Crippen LogP contribution in [0, 0.1) is 0 Å². The summed E-state index contributed by atoms with van der Waals surface area (Å²) in [7, 11) is 1.48. The number of amides is 1. The standard InChI is InChI=1S/C9H16N2O4/c1-11(6-9(13)14)8(12)4-7-5-10-2-3-15-7/h7,10H,2-6H2,1H3,(H,13,14). The van der Waals surface area contributed by atoms with E-state index < -0.39 is 5.97 Å². The summed E-state index contributed by atoms with van der Waals surface area (Å²) in [6.45, 7) is 1.78. The number of carboxylic acids is 1. The largest absolute Gasteiger partial charge is 0.480 e. The Hall–Kier alpha value is -1.14. The predicted octanol–water partition coefficient (Wildman–Crippen LogP) is -1.09. The van der Waals surface area contributed by atoms with Gasteiger partial charge in [-0.3, -0.25) is 9.59 Å². The van der Waals surface area contributed by atoms with Crippen molar-refractivity contribution in [1.29, 1.82) is 0 Å². The van der Waals surface area contributed by atoms with Crippen LogP contribution in [0.1, 0.15) is 6.42 Å². The molecule has 0 aromatic heterocycles. The topological polar surface area (TPSA) is 78.9 Å². The molecule has 1 unspecified atom stereocenters. The molecule has 15 heavy (non-hydrogen) atoms. The second-order valence-electron chi connectivity index (χ2n) is 3.54. The third-order valence-electron chi connectivity index (χ3n) is 2.20. The van der Waals surface area contributed by atoms with E-state index in [9.17, 15) is 9.59 Å². The van der Waals surface area contributed by atoms with Gasteiger partial charge in [-0.2, -0.15) is 0 Å². The summed E-state index contributed by atoms with van der Waals surface area (Å²) < 4.78 is 5.35. The Morgan fingerprint density at radius 3 is 2.87 bits per heavy atom. The highest BCUT2D eigenvalue weighted by Crippen LogP contribution is 2.03. The van der Waals surface area contributed by atoms with E-state index in [2.05, 4.69) is 5.32 Å². The fourth-order valence-electron chi connectivity index (χ4n) is 1.39. The fraction of sp³-hybridized carbons (Fsp3) is 0.778. The van der Waals surface area contributed by atoms with Gasteiger partial charge in [-0.15, -0.1) is 0 Å². The number of likely N-dealkylation sites (N-methyl/N-ethyl adjacent to an activating group) is 1. The minimum Gasteiger partial charge on any atom is -0.480 e. The van der Waals surface area contributed by atoms with E-state index in [4.69, 9.17) is 9.84 Å². The van der Waals surface area contributed by atoms with Crippen LogP contribution in [0.25, 0.3) is 0 Å². The summed E-state index contributed by atoms with van der Waals surface area (Å²) in [6, 6.07) is 0. The van der Waals surface area contributed by atoms with Gasteiger partial charge in [-0.1, -0.05) is 0 Å². The quantitative estimate of drug-likeness (QED) is 0.624. The maximum Gasteiger partial charge on any atom is 0.323 e. The van der Waals surface area contributed by atoms with Gasteiger partial charge in [-0.25, -0.2) is 0 Å². The van der Waals surface area contributed by atoms with Gasteiger partial charge in [0.25, 0.3) is 0 Å². The number of nitrogens with one attached hydrogen (secondary N) is 1. The number of hydrogen-bond donors (Lipinski definition) is 2. The molecule has 0 aromatic rings. The SMILES string of the molecule is CN(CC(=O)O)C(=O)CC1CNCCO1. The van der Waals surface area contributed by atoms with Crippen LogP contribution in [0.4, 0.5) is 0 Å². The van der Waals surface area contributed by atoms with Gasteiger partial charge < -0.3 is 20.1 Å². The van der Waals surface area contributed by atoms with Crippen molar-refractivity contribution in [3.05, 3.63) is 0 Å². The zero-order valence-corrected chi connectivity index (χ0v) is 8.73. The van der Waals surface area contributed by atoms with E-state index in [0.717, 1.165) is 6.54 Å². The lowest BCUT2D eigenvalue weighted by Crippen LogP contribution is -2.42. The number of carbonyl (C=O) groups excluding carboxylic acids is 1. The van der Waals surface area contributed by atoms with E-state index in [1.165, 1.54) is 11.9 Å². The molecule has 0 saturated carbocycles. The number of morpholine rings is 1. The molecule has 1 rings (SSSR count). The highest BCUT2D eigenvalue weighted by atomic mass is 16.5. The minimum atomic E-state index is -1.01. The summed E-state index contributed by atoms with van der Waals surface area (Å²) in [6.07, 6.45) is 0.0963. The molecule has 0 aromatic carbocycles. The second-order valence-corrected chi connectivity index (χ2v) is 3.54. The second kappa shape index (κ2) is 5.67. The molecular formula is C9H16N2O4. The first kappa shape index (κ1) is 11.9. The Kier molecular flexibility index (Phi) is 4.51. The summed E-state index contributed by atoms with van der Waals surface area (Å²) >= 11 is 0. The summed E-state index contributed by atoms with van der Waals surface area (Å²) in [5, 5.41) is 11.6. The Balaban J connectivity index is 2.30. The number of rotatable bonds is 4. The molecule has 0 aliphatic carbocycles. The zero-order valence-electron chi connectivity index (χ0n) is 8.73. The third kappa shape index (κ3) is 4.26. The summed E-state index contributed by atoms with van der Waals surface area (Å²) in [4.78, 5) is 23.1. The molecule has 6 nitrogen and oxygen atoms in total. The van der Waals surface area contributed by atoms with Crippen molar-refractivity contribution in [3.63, 3.8) is 0 Å². The number of carbonyl (C=O) groups is 2. The first-order chi connectivity index (χ1) is 7.09. The predicted molar refractivity (Wildman–Crippen MR) is 52.5 cm³/mol. The number of ether oxygens (including phenoxy) is 1.